The maximum Gasteiger partial charge on any atom is 0.262 e. The lowest BCUT2D eigenvalue weighted by Gasteiger charge is -2.13. The van der Waals surface area contributed by atoms with Crippen molar-refractivity contribution in [1.29, 1.82) is 0 Å². The minimum Gasteiger partial charge on any atom is -0.467 e. The molecule has 0 aliphatic rings. The molecule has 4 aromatic rings. The predicted octanol–water partition coefficient (Wildman–Crippen LogP) is 4.13. The van der Waals surface area contributed by atoms with Gasteiger partial charge in [0.25, 0.3) is 5.56 Å². The number of benzene rings is 2. The molecule has 0 fully saturated rings. The molecule has 0 aliphatic carbocycles. The Morgan fingerprint density at radius 2 is 1.83 bits per heavy atom. The Morgan fingerprint density at radius 1 is 1.03 bits per heavy atom. The zero-order valence-electron chi connectivity index (χ0n) is 19.3. The summed E-state index contributed by atoms with van der Waals surface area (Å²) in [6.07, 6.45) is 2.26. The van der Waals surface area contributed by atoms with Crippen molar-refractivity contribution >= 4 is 40.2 Å². The van der Waals surface area contributed by atoms with Crippen molar-refractivity contribution in [1.82, 2.24) is 14.9 Å². The van der Waals surface area contributed by atoms with Gasteiger partial charge in [0.15, 0.2) is 5.16 Å². The van der Waals surface area contributed by atoms with E-state index < -0.39 is 0 Å². The lowest BCUT2D eigenvalue weighted by Crippen LogP contribution is -2.26. The summed E-state index contributed by atoms with van der Waals surface area (Å²) in [6.45, 7) is 2.61. The van der Waals surface area contributed by atoms with E-state index in [1.807, 2.05) is 37.3 Å². The van der Waals surface area contributed by atoms with Crippen LogP contribution in [0.3, 0.4) is 0 Å². The van der Waals surface area contributed by atoms with Crippen LogP contribution in [0.5, 0.6) is 0 Å². The van der Waals surface area contributed by atoms with E-state index in [-0.39, 0.29) is 29.5 Å². The highest BCUT2D eigenvalue weighted by Crippen LogP contribution is 2.19. The van der Waals surface area contributed by atoms with E-state index in [1.54, 1.807) is 41.2 Å². The summed E-state index contributed by atoms with van der Waals surface area (Å²) in [7, 11) is 0. The van der Waals surface area contributed by atoms with E-state index in [4.69, 9.17) is 4.42 Å². The zero-order valence-corrected chi connectivity index (χ0v) is 20.1. The first-order valence-electron chi connectivity index (χ1n) is 11.3. The van der Waals surface area contributed by atoms with Crippen molar-refractivity contribution in [2.45, 2.75) is 38.0 Å². The first-order chi connectivity index (χ1) is 17.0. The molecule has 2 heterocycles. The molecule has 0 saturated heterocycles. The lowest BCUT2D eigenvalue weighted by atomic mass is 10.2. The van der Waals surface area contributed by atoms with E-state index in [9.17, 15) is 14.4 Å². The van der Waals surface area contributed by atoms with Gasteiger partial charge in [-0.3, -0.25) is 19.0 Å². The normalized spacial score (nSPS) is 10.9. The number of nitrogens with zero attached hydrogens (tertiary/aromatic N) is 2. The van der Waals surface area contributed by atoms with Crippen LogP contribution in [0.2, 0.25) is 0 Å². The van der Waals surface area contributed by atoms with Gasteiger partial charge in [-0.2, -0.15) is 0 Å². The Morgan fingerprint density at radius 3 is 2.60 bits per heavy atom. The van der Waals surface area contributed by atoms with E-state index in [1.165, 1.54) is 11.8 Å². The van der Waals surface area contributed by atoms with Crippen LogP contribution in [-0.2, 0) is 22.7 Å². The monoisotopic (exact) mass is 490 g/mol. The smallest absolute Gasteiger partial charge is 0.262 e. The Balaban J connectivity index is 1.41. The van der Waals surface area contributed by atoms with Crippen LogP contribution >= 0.6 is 11.8 Å². The topological polar surface area (TPSA) is 106 Å². The second-order valence-corrected chi connectivity index (χ2v) is 8.97. The number of rotatable bonds is 10. The summed E-state index contributed by atoms with van der Waals surface area (Å²) in [5, 5.41) is 6.61. The minimum absolute atomic E-state index is 0.0995. The average Bonchev–Trinajstić information content (AvgIpc) is 3.38. The van der Waals surface area contributed by atoms with Crippen molar-refractivity contribution < 1.29 is 14.0 Å². The number of furan rings is 1. The summed E-state index contributed by atoms with van der Waals surface area (Å²) in [5.74, 6) is 0.457. The number of carbonyl (C=O) groups is 2. The van der Waals surface area contributed by atoms with Crippen LogP contribution < -0.4 is 16.2 Å². The Kier molecular flexibility index (Phi) is 7.99. The fraction of sp³-hybridized carbons (Fsp3) is 0.231. The molecule has 0 unspecified atom stereocenters. The number of carbonyl (C=O) groups excluding carboxylic acids is 2. The van der Waals surface area contributed by atoms with E-state index in [2.05, 4.69) is 15.6 Å². The fourth-order valence-electron chi connectivity index (χ4n) is 3.50. The number of thioether (sulfide) groups is 1. The van der Waals surface area contributed by atoms with Gasteiger partial charge < -0.3 is 15.1 Å². The van der Waals surface area contributed by atoms with E-state index in [0.29, 0.717) is 47.0 Å². The molecule has 0 atom stereocenters. The summed E-state index contributed by atoms with van der Waals surface area (Å²) in [6, 6.07) is 18.2. The molecule has 0 bridgehead atoms. The number of hydrogen-bond acceptors (Lipinski definition) is 6. The van der Waals surface area contributed by atoms with Crippen molar-refractivity contribution in [2.75, 3.05) is 11.1 Å². The molecule has 2 aromatic heterocycles. The highest BCUT2D eigenvalue weighted by molar-refractivity contribution is 7.99. The Labute approximate surface area is 206 Å². The summed E-state index contributed by atoms with van der Waals surface area (Å²) in [4.78, 5) is 42.5. The number of aryl methyl sites for hydroxylation is 1. The van der Waals surface area contributed by atoms with Gasteiger partial charge in [0, 0.05) is 18.7 Å². The SMILES string of the molecule is Cc1ccc(NC(=O)CSc2nc3ccccc3c(=O)n2CCCC(=O)NCc2ccco2)cc1. The van der Waals surface area contributed by atoms with Crippen molar-refractivity contribution in [3.63, 3.8) is 0 Å². The van der Waals surface area contributed by atoms with Crippen LogP contribution in [0.4, 0.5) is 5.69 Å². The van der Waals surface area contributed by atoms with Gasteiger partial charge in [-0.15, -0.1) is 0 Å². The Hall–Kier alpha value is -3.85. The molecular weight excluding hydrogens is 464 g/mol. The van der Waals surface area contributed by atoms with Crippen LogP contribution in [0, 0.1) is 6.92 Å². The van der Waals surface area contributed by atoms with Gasteiger partial charge in [-0.25, -0.2) is 4.98 Å². The van der Waals surface area contributed by atoms with Gasteiger partial charge in [0.2, 0.25) is 11.8 Å². The standard InChI is InChI=1S/C26H26N4O4S/c1-18-10-12-19(13-11-18)28-24(32)17-35-26-29-22-8-3-2-7-21(22)25(33)30(26)14-4-9-23(31)27-16-20-6-5-15-34-20/h2-3,5-8,10-13,15H,4,9,14,16-17H2,1H3,(H,27,31)(H,28,32). The molecule has 0 aliphatic heterocycles. The second-order valence-electron chi connectivity index (χ2n) is 8.03. The predicted molar refractivity (Wildman–Crippen MR) is 136 cm³/mol. The second kappa shape index (κ2) is 11.5. The molecule has 2 amide bonds. The maximum atomic E-state index is 13.2. The van der Waals surface area contributed by atoms with Crippen molar-refractivity contribution in [3.05, 3.63) is 88.6 Å². The first kappa shape index (κ1) is 24.3. The summed E-state index contributed by atoms with van der Waals surface area (Å²) in [5.41, 5.74) is 2.21. The van der Waals surface area contributed by atoms with Crippen molar-refractivity contribution in [3.8, 4) is 0 Å². The van der Waals surface area contributed by atoms with E-state index in [0.717, 1.165) is 5.56 Å². The molecule has 0 radical (unpaired) electrons. The van der Waals surface area contributed by atoms with Crippen LogP contribution in [0.1, 0.15) is 24.2 Å². The fourth-order valence-corrected chi connectivity index (χ4v) is 4.33. The third-order valence-corrected chi connectivity index (χ3v) is 6.30. The molecule has 8 nitrogen and oxygen atoms in total. The number of amides is 2. The first-order valence-corrected chi connectivity index (χ1v) is 12.3. The zero-order chi connectivity index (χ0) is 24.6. The van der Waals surface area contributed by atoms with Gasteiger partial charge in [-0.1, -0.05) is 41.6 Å². The van der Waals surface area contributed by atoms with Gasteiger partial charge >= 0.3 is 0 Å². The third-order valence-electron chi connectivity index (χ3n) is 5.32. The molecule has 9 heteroatoms. The molecule has 4 rings (SSSR count). The Bertz CT molecular complexity index is 1360. The number of para-hydroxylation sites is 1. The molecule has 2 N–H and O–H groups in total. The number of hydrogen-bond donors (Lipinski definition) is 2. The summed E-state index contributed by atoms with van der Waals surface area (Å²) < 4.78 is 6.76. The molecule has 0 saturated carbocycles. The molecular formula is C26H26N4O4S. The lowest BCUT2D eigenvalue weighted by molar-refractivity contribution is -0.121. The number of nitrogens with one attached hydrogen (secondary N) is 2. The quantitative estimate of drug-likeness (QED) is 0.256. The van der Waals surface area contributed by atoms with Crippen molar-refractivity contribution in [2.24, 2.45) is 0 Å². The number of anilines is 1. The van der Waals surface area contributed by atoms with E-state index >= 15 is 0 Å². The summed E-state index contributed by atoms with van der Waals surface area (Å²) >= 11 is 1.20. The maximum absolute atomic E-state index is 13.2. The number of aromatic nitrogens is 2. The largest absolute Gasteiger partial charge is 0.467 e. The minimum atomic E-state index is -0.190. The van der Waals surface area contributed by atoms with Gasteiger partial charge in [0.1, 0.15) is 5.76 Å². The van der Waals surface area contributed by atoms with Crippen LogP contribution in [-0.4, -0.2) is 27.1 Å². The molecule has 35 heavy (non-hydrogen) atoms. The molecule has 0 spiro atoms. The van der Waals surface area contributed by atoms with Gasteiger partial charge in [0.05, 0.1) is 29.5 Å². The average molecular weight is 491 g/mol. The third kappa shape index (κ3) is 6.60. The molecule has 2 aromatic carbocycles. The highest BCUT2D eigenvalue weighted by atomic mass is 32.2. The highest BCUT2D eigenvalue weighted by Gasteiger charge is 2.14. The van der Waals surface area contributed by atoms with Crippen LogP contribution in [0.25, 0.3) is 10.9 Å². The van der Waals surface area contributed by atoms with Crippen LogP contribution in [0.15, 0.2) is 81.3 Å². The molecule has 180 valence electrons. The number of fused-ring (bicyclic) bond motifs is 1. The van der Waals surface area contributed by atoms with Gasteiger partial charge in [-0.05, 0) is 49.7 Å².